The lowest BCUT2D eigenvalue weighted by molar-refractivity contribution is -0.121. The van der Waals surface area contributed by atoms with Crippen molar-refractivity contribution in [1.82, 2.24) is 20.8 Å². The first-order chi connectivity index (χ1) is 15.1. The number of benzene rings is 2. The van der Waals surface area contributed by atoms with Crippen molar-refractivity contribution in [3.05, 3.63) is 65.0 Å². The van der Waals surface area contributed by atoms with E-state index in [-0.39, 0.29) is 18.2 Å². The highest BCUT2D eigenvalue weighted by Crippen LogP contribution is 2.19. The molecular weight excluding hydrogens is 418 g/mol. The largest absolute Gasteiger partial charge is 0.360 e. The predicted molar refractivity (Wildman–Crippen MR) is 117 cm³/mol. The van der Waals surface area contributed by atoms with Crippen molar-refractivity contribution >= 4 is 29.1 Å². The Labute approximate surface area is 184 Å². The summed E-state index contributed by atoms with van der Waals surface area (Å²) in [5, 5.41) is 10.3. The van der Waals surface area contributed by atoms with Crippen molar-refractivity contribution in [1.29, 1.82) is 0 Å². The van der Waals surface area contributed by atoms with E-state index in [9.17, 15) is 9.59 Å². The van der Waals surface area contributed by atoms with Crippen LogP contribution in [0.3, 0.4) is 0 Å². The zero-order valence-electron chi connectivity index (χ0n) is 16.8. The third-order valence-corrected chi connectivity index (χ3v) is 5.22. The molecule has 1 aromatic heterocycles. The SMILES string of the molecule is O=C(CCc1nc(-c2ccc(Cl)cc2)no1)NCc1ccc(N2CCNC(=O)C2)cc1. The number of halogens is 1. The van der Waals surface area contributed by atoms with Crippen molar-refractivity contribution < 1.29 is 14.1 Å². The molecule has 3 aromatic rings. The molecule has 2 aromatic carbocycles. The van der Waals surface area contributed by atoms with Gasteiger partial charge in [0.1, 0.15) is 0 Å². The Morgan fingerprint density at radius 2 is 1.94 bits per heavy atom. The Kier molecular flexibility index (Phi) is 6.47. The average molecular weight is 440 g/mol. The number of hydrogen-bond donors (Lipinski definition) is 2. The first kappa shape index (κ1) is 20.9. The molecule has 2 heterocycles. The molecule has 0 atom stereocenters. The van der Waals surface area contributed by atoms with Gasteiger partial charge in [0.05, 0.1) is 6.54 Å². The zero-order chi connectivity index (χ0) is 21.6. The minimum Gasteiger partial charge on any atom is -0.360 e. The number of amides is 2. The Morgan fingerprint density at radius 1 is 1.16 bits per heavy atom. The molecule has 1 saturated heterocycles. The second kappa shape index (κ2) is 9.61. The Balaban J connectivity index is 1.23. The molecule has 2 N–H and O–H groups in total. The van der Waals surface area contributed by atoms with Gasteiger partial charge in [-0.05, 0) is 42.0 Å². The summed E-state index contributed by atoms with van der Waals surface area (Å²) < 4.78 is 5.23. The van der Waals surface area contributed by atoms with Gasteiger partial charge in [0, 0.05) is 48.7 Å². The van der Waals surface area contributed by atoms with Gasteiger partial charge in [-0.3, -0.25) is 9.59 Å². The average Bonchev–Trinajstić information content (AvgIpc) is 3.26. The fourth-order valence-electron chi connectivity index (χ4n) is 3.27. The third kappa shape index (κ3) is 5.61. The van der Waals surface area contributed by atoms with Gasteiger partial charge in [-0.2, -0.15) is 4.98 Å². The van der Waals surface area contributed by atoms with Gasteiger partial charge in [0.25, 0.3) is 0 Å². The van der Waals surface area contributed by atoms with E-state index in [1.165, 1.54) is 0 Å². The number of piperazine rings is 1. The third-order valence-electron chi connectivity index (χ3n) is 4.97. The smallest absolute Gasteiger partial charge is 0.239 e. The molecule has 8 nitrogen and oxygen atoms in total. The zero-order valence-corrected chi connectivity index (χ0v) is 17.6. The quantitative estimate of drug-likeness (QED) is 0.587. The van der Waals surface area contributed by atoms with Crippen LogP contribution in [-0.4, -0.2) is 41.6 Å². The number of aromatic nitrogens is 2. The lowest BCUT2D eigenvalue weighted by Crippen LogP contribution is -2.47. The van der Waals surface area contributed by atoms with E-state index in [1.54, 1.807) is 12.1 Å². The van der Waals surface area contributed by atoms with Gasteiger partial charge in [-0.15, -0.1) is 0 Å². The standard InChI is InChI=1S/C22H22ClN5O3/c23-17-5-3-16(4-6-17)22-26-21(31-27-22)10-9-19(29)25-13-15-1-7-18(8-2-15)28-12-11-24-20(30)14-28/h1-8H,9-14H2,(H,24,30)(H,25,29). The molecule has 31 heavy (non-hydrogen) atoms. The molecule has 4 rings (SSSR count). The minimum absolute atomic E-state index is 0.0316. The molecule has 0 radical (unpaired) electrons. The monoisotopic (exact) mass is 439 g/mol. The van der Waals surface area contributed by atoms with Crippen molar-refractivity contribution in [2.45, 2.75) is 19.4 Å². The molecular formula is C22H22ClN5O3. The fourth-order valence-corrected chi connectivity index (χ4v) is 3.39. The maximum absolute atomic E-state index is 12.2. The van der Waals surface area contributed by atoms with Crippen LogP contribution < -0.4 is 15.5 Å². The van der Waals surface area contributed by atoms with E-state index in [4.69, 9.17) is 16.1 Å². The Bertz CT molecular complexity index is 1050. The summed E-state index contributed by atoms with van der Waals surface area (Å²) in [6.45, 7) is 2.24. The number of anilines is 1. The van der Waals surface area contributed by atoms with Crippen molar-refractivity contribution in [2.24, 2.45) is 0 Å². The molecule has 0 saturated carbocycles. The molecule has 160 valence electrons. The van der Waals surface area contributed by atoms with Crippen LogP contribution in [0.4, 0.5) is 5.69 Å². The summed E-state index contributed by atoms with van der Waals surface area (Å²) in [6.07, 6.45) is 0.617. The highest BCUT2D eigenvalue weighted by atomic mass is 35.5. The normalized spacial score (nSPS) is 13.7. The molecule has 1 fully saturated rings. The number of hydrogen-bond acceptors (Lipinski definition) is 6. The number of carbonyl (C=O) groups excluding carboxylic acids is 2. The minimum atomic E-state index is -0.0944. The van der Waals surface area contributed by atoms with Gasteiger partial charge in [-0.25, -0.2) is 0 Å². The number of nitrogens with one attached hydrogen (secondary N) is 2. The van der Waals surface area contributed by atoms with Gasteiger partial charge < -0.3 is 20.1 Å². The van der Waals surface area contributed by atoms with Crippen LogP contribution in [0.1, 0.15) is 17.9 Å². The molecule has 2 amide bonds. The number of rotatable bonds is 7. The highest BCUT2D eigenvalue weighted by Gasteiger charge is 2.16. The summed E-state index contributed by atoms with van der Waals surface area (Å²) in [6, 6.07) is 15.0. The lowest BCUT2D eigenvalue weighted by Gasteiger charge is -2.28. The van der Waals surface area contributed by atoms with Crippen LogP contribution in [0, 0.1) is 0 Å². The highest BCUT2D eigenvalue weighted by molar-refractivity contribution is 6.30. The van der Waals surface area contributed by atoms with Crippen LogP contribution in [0.25, 0.3) is 11.4 Å². The number of nitrogens with zero attached hydrogens (tertiary/aromatic N) is 3. The van der Waals surface area contributed by atoms with Crippen LogP contribution in [-0.2, 0) is 22.6 Å². The molecule has 0 spiro atoms. The Morgan fingerprint density at radius 3 is 2.68 bits per heavy atom. The fraction of sp³-hybridized carbons (Fsp3) is 0.273. The molecule has 0 bridgehead atoms. The second-order valence-corrected chi connectivity index (χ2v) is 7.67. The summed E-state index contributed by atoms with van der Waals surface area (Å²) >= 11 is 5.89. The summed E-state index contributed by atoms with van der Waals surface area (Å²) in [5.41, 5.74) is 2.79. The van der Waals surface area contributed by atoms with Crippen molar-refractivity contribution in [3.8, 4) is 11.4 Å². The lowest BCUT2D eigenvalue weighted by atomic mass is 10.1. The van der Waals surface area contributed by atoms with E-state index in [0.717, 1.165) is 23.4 Å². The van der Waals surface area contributed by atoms with Gasteiger partial charge in [0.15, 0.2) is 0 Å². The molecule has 0 unspecified atom stereocenters. The van der Waals surface area contributed by atoms with E-state index in [2.05, 4.69) is 20.8 Å². The maximum atomic E-state index is 12.2. The molecule has 1 aliphatic heterocycles. The molecule has 1 aliphatic rings. The van der Waals surface area contributed by atoms with E-state index < -0.39 is 0 Å². The van der Waals surface area contributed by atoms with E-state index in [1.807, 2.05) is 41.3 Å². The van der Waals surface area contributed by atoms with Crippen LogP contribution in [0.5, 0.6) is 0 Å². The number of aryl methyl sites for hydroxylation is 1. The predicted octanol–water partition coefficient (Wildman–Crippen LogP) is 2.58. The van der Waals surface area contributed by atoms with Crippen molar-refractivity contribution in [3.63, 3.8) is 0 Å². The van der Waals surface area contributed by atoms with E-state index >= 15 is 0 Å². The summed E-state index contributed by atoms with van der Waals surface area (Å²) in [7, 11) is 0. The first-order valence-corrected chi connectivity index (χ1v) is 10.4. The maximum Gasteiger partial charge on any atom is 0.239 e. The summed E-state index contributed by atoms with van der Waals surface area (Å²) in [4.78, 5) is 30.1. The number of carbonyl (C=O) groups is 2. The first-order valence-electron chi connectivity index (χ1n) is 10.0. The van der Waals surface area contributed by atoms with Gasteiger partial charge in [-0.1, -0.05) is 28.9 Å². The molecule has 9 heteroatoms. The summed E-state index contributed by atoms with van der Waals surface area (Å²) in [5.74, 6) is 0.820. The van der Waals surface area contributed by atoms with Crippen LogP contribution >= 0.6 is 11.6 Å². The Hall–Kier alpha value is -3.39. The van der Waals surface area contributed by atoms with Crippen LogP contribution in [0.2, 0.25) is 5.02 Å². The van der Waals surface area contributed by atoms with Gasteiger partial charge >= 0.3 is 0 Å². The molecule has 0 aliphatic carbocycles. The van der Waals surface area contributed by atoms with E-state index in [0.29, 0.717) is 42.8 Å². The topological polar surface area (TPSA) is 100 Å². The van der Waals surface area contributed by atoms with Crippen LogP contribution in [0.15, 0.2) is 53.1 Å². The van der Waals surface area contributed by atoms with Gasteiger partial charge in [0.2, 0.25) is 23.5 Å². The second-order valence-electron chi connectivity index (χ2n) is 7.23. The van der Waals surface area contributed by atoms with Crippen molar-refractivity contribution in [2.75, 3.05) is 24.5 Å².